The summed E-state index contributed by atoms with van der Waals surface area (Å²) in [6.45, 7) is 0.944. The van der Waals surface area contributed by atoms with Crippen molar-refractivity contribution in [2.75, 3.05) is 13.1 Å². The number of aliphatic carboxylic acids is 1. The topological polar surface area (TPSA) is 113 Å². The van der Waals surface area contributed by atoms with Crippen molar-refractivity contribution in [3.05, 3.63) is 0 Å². The van der Waals surface area contributed by atoms with E-state index in [9.17, 15) is 14.4 Å². The minimum absolute atomic E-state index is 0.0409. The maximum absolute atomic E-state index is 11.4. The van der Waals surface area contributed by atoms with Crippen LogP contribution < -0.4 is 11.1 Å². The second-order valence-electron chi connectivity index (χ2n) is 3.64. The number of hydrogen-bond donors (Lipinski definition) is 3. The van der Waals surface area contributed by atoms with E-state index in [-0.39, 0.29) is 12.8 Å². The lowest BCUT2D eigenvalue weighted by atomic mass is 10.1. The first kappa shape index (κ1) is 12.3. The van der Waals surface area contributed by atoms with Gasteiger partial charge in [-0.15, -0.1) is 0 Å². The van der Waals surface area contributed by atoms with Gasteiger partial charge >= 0.3 is 12.0 Å². The lowest BCUT2D eigenvalue weighted by Crippen LogP contribution is -2.54. The molecular weight excluding hydrogens is 214 g/mol. The number of carbonyl (C=O) groups excluding carboxylic acids is 2. The molecule has 0 aromatic carbocycles. The summed E-state index contributed by atoms with van der Waals surface area (Å²) in [5, 5.41) is 11.5. The van der Waals surface area contributed by atoms with Crippen molar-refractivity contribution in [2.45, 2.75) is 25.3 Å². The van der Waals surface area contributed by atoms with E-state index in [0.717, 1.165) is 0 Å². The fraction of sp³-hybridized carbons (Fsp3) is 0.667. The summed E-state index contributed by atoms with van der Waals surface area (Å²) in [5.41, 5.74) is 4.95. The summed E-state index contributed by atoms with van der Waals surface area (Å²) in [6.07, 6.45) is 0.713. The summed E-state index contributed by atoms with van der Waals surface area (Å²) < 4.78 is 0. The quantitative estimate of drug-likeness (QED) is 0.568. The third-order valence-corrected chi connectivity index (χ3v) is 2.44. The van der Waals surface area contributed by atoms with Gasteiger partial charge in [-0.3, -0.25) is 4.79 Å². The Bertz CT molecular complexity index is 305. The van der Waals surface area contributed by atoms with Gasteiger partial charge in [0.05, 0.1) is 0 Å². The number of nitrogens with two attached hydrogens (primary N) is 1. The van der Waals surface area contributed by atoms with Crippen LogP contribution in [0.2, 0.25) is 0 Å². The highest BCUT2D eigenvalue weighted by Gasteiger charge is 2.31. The number of rotatable bonds is 5. The maximum Gasteiger partial charge on any atom is 0.326 e. The summed E-state index contributed by atoms with van der Waals surface area (Å²) in [4.78, 5) is 34.2. The third kappa shape index (κ3) is 3.11. The number of primary amides is 1. The number of carboxylic acids is 1. The zero-order valence-electron chi connectivity index (χ0n) is 8.81. The molecule has 3 amide bonds. The highest BCUT2D eigenvalue weighted by Crippen LogP contribution is 2.11. The van der Waals surface area contributed by atoms with Gasteiger partial charge in [-0.05, 0) is 12.8 Å². The average Bonchev–Trinajstić information content (AvgIpc) is 2.20. The monoisotopic (exact) mass is 229 g/mol. The molecule has 1 fully saturated rings. The molecule has 1 atom stereocenters. The van der Waals surface area contributed by atoms with E-state index in [0.29, 0.717) is 19.5 Å². The molecule has 7 nitrogen and oxygen atoms in total. The number of hydrogen-bond acceptors (Lipinski definition) is 3. The van der Waals surface area contributed by atoms with E-state index < -0.39 is 23.9 Å². The van der Waals surface area contributed by atoms with E-state index in [1.54, 1.807) is 0 Å². The molecule has 1 saturated heterocycles. The molecule has 4 N–H and O–H groups in total. The third-order valence-electron chi connectivity index (χ3n) is 2.44. The lowest BCUT2D eigenvalue weighted by Gasteiger charge is -2.32. The standard InChI is InChI=1S/C9H15N3O4/c10-7(13)3-2-6(8(14)15)12-5-1-4-11-9(12)16/h6H,1-5H2,(H2,10,13)(H,11,16)(H,14,15). The molecular formula is C9H15N3O4. The molecule has 0 aromatic rings. The van der Waals surface area contributed by atoms with Crippen molar-refractivity contribution in [3.63, 3.8) is 0 Å². The Hall–Kier alpha value is -1.79. The van der Waals surface area contributed by atoms with Crippen molar-refractivity contribution in [1.29, 1.82) is 0 Å². The number of urea groups is 1. The Kier molecular flexibility index (Phi) is 4.10. The van der Waals surface area contributed by atoms with Crippen LogP contribution in [-0.2, 0) is 9.59 Å². The van der Waals surface area contributed by atoms with Gasteiger partial charge in [0.25, 0.3) is 0 Å². The Balaban J connectivity index is 2.64. The van der Waals surface area contributed by atoms with Crippen LogP contribution in [-0.4, -0.2) is 47.0 Å². The Morgan fingerprint density at radius 2 is 2.25 bits per heavy atom. The fourth-order valence-electron chi connectivity index (χ4n) is 1.64. The van der Waals surface area contributed by atoms with Crippen molar-refractivity contribution in [2.24, 2.45) is 5.73 Å². The molecule has 1 aliphatic rings. The van der Waals surface area contributed by atoms with Crippen molar-refractivity contribution < 1.29 is 19.5 Å². The van der Waals surface area contributed by atoms with E-state index in [2.05, 4.69) is 5.32 Å². The van der Waals surface area contributed by atoms with Gasteiger partial charge in [-0.25, -0.2) is 9.59 Å². The van der Waals surface area contributed by atoms with E-state index in [1.165, 1.54) is 4.90 Å². The SMILES string of the molecule is NC(=O)CCC(C(=O)O)N1CCCNC1=O. The zero-order chi connectivity index (χ0) is 12.1. The molecule has 0 bridgehead atoms. The largest absolute Gasteiger partial charge is 0.480 e. The number of nitrogens with one attached hydrogen (secondary N) is 1. The number of nitrogens with zero attached hydrogens (tertiary/aromatic N) is 1. The van der Waals surface area contributed by atoms with Crippen LogP contribution in [0.25, 0.3) is 0 Å². The highest BCUT2D eigenvalue weighted by atomic mass is 16.4. The summed E-state index contributed by atoms with van der Waals surface area (Å²) in [6, 6.07) is -1.38. The molecule has 7 heteroatoms. The van der Waals surface area contributed by atoms with Crippen molar-refractivity contribution in [3.8, 4) is 0 Å². The second-order valence-corrected chi connectivity index (χ2v) is 3.64. The van der Waals surface area contributed by atoms with E-state index >= 15 is 0 Å². The summed E-state index contributed by atoms with van der Waals surface area (Å²) in [7, 11) is 0. The van der Waals surface area contributed by atoms with Crippen LogP contribution in [0, 0.1) is 0 Å². The fourth-order valence-corrected chi connectivity index (χ4v) is 1.64. The summed E-state index contributed by atoms with van der Waals surface area (Å²) in [5.74, 6) is -1.68. The van der Waals surface area contributed by atoms with Gasteiger partial charge < -0.3 is 21.1 Å². The molecule has 0 saturated carbocycles. The normalized spacial score (nSPS) is 17.8. The molecule has 0 spiro atoms. The molecule has 1 unspecified atom stereocenters. The van der Waals surface area contributed by atoms with Gasteiger partial charge in [0, 0.05) is 19.5 Å². The maximum atomic E-state index is 11.4. The van der Waals surface area contributed by atoms with Crippen LogP contribution in [0.1, 0.15) is 19.3 Å². The minimum atomic E-state index is -1.11. The first-order valence-electron chi connectivity index (χ1n) is 5.08. The van der Waals surface area contributed by atoms with E-state index in [1.807, 2.05) is 0 Å². The van der Waals surface area contributed by atoms with Crippen LogP contribution in [0.5, 0.6) is 0 Å². The van der Waals surface area contributed by atoms with Crippen molar-refractivity contribution >= 4 is 17.9 Å². The molecule has 90 valence electrons. The predicted octanol–water partition coefficient (Wildman–Crippen LogP) is -0.880. The first-order chi connectivity index (χ1) is 7.52. The predicted molar refractivity (Wildman–Crippen MR) is 54.6 cm³/mol. The molecule has 0 radical (unpaired) electrons. The Morgan fingerprint density at radius 3 is 2.75 bits per heavy atom. The van der Waals surface area contributed by atoms with Crippen LogP contribution >= 0.6 is 0 Å². The molecule has 0 aliphatic carbocycles. The molecule has 1 heterocycles. The van der Waals surface area contributed by atoms with Gasteiger partial charge in [0.15, 0.2) is 0 Å². The number of carbonyl (C=O) groups is 3. The number of amides is 3. The summed E-state index contributed by atoms with van der Waals surface area (Å²) >= 11 is 0. The second kappa shape index (κ2) is 5.34. The van der Waals surface area contributed by atoms with Gasteiger partial charge in [-0.1, -0.05) is 0 Å². The minimum Gasteiger partial charge on any atom is -0.480 e. The average molecular weight is 229 g/mol. The van der Waals surface area contributed by atoms with Gasteiger partial charge in [-0.2, -0.15) is 0 Å². The Morgan fingerprint density at radius 1 is 1.56 bits per heavy atom. The molecule has 16 heavy (non-hydrogen) atoms. The smallest absolute Gasteiger partial charge is 0.326 e. The first-order valence-corrected chi connectivity index (χ1v) is 5.08. The molecule has 1 rings (SSSR count). The molecule has 1 aliphatic heterocycles. The highest BCUT2D eigenvalue weighted by molar-refractivity contribution is 5.83. The molecule has 0 aromatic heterocycles. The van der Waals surface area contributed by atoms with Gasteiger partial charge in [0.1, 0.15) is 6.04 Å². The van der Waals surface area contributed by atoms with Crippen LogP contribution in [0.3, 0.4) is 0 Å². The lowest BCUT2D eigenvalue weighted by molar-refractivity contribution is -0.142. The van der Waals surface area contributed by atoms with E-state index in [4.69, 9.17) is 10.8 Å². The van der Waals surface area contributed by atoms with Crippen molar-refractivity contribution in [1.82, 2.24) is 10.2 Å². The van der Waals surface area contributed by atoms with Crippen LogP contribution in [0.4, 0.5) is 4.79 Å². The van der Waals surface area contributed by atoms with Crippen LogP contribution in [0.15, 0.2) is 0 Å². The number of carboxylic acid groups (broad SMARTS) is 1. The zero-order valence-corrected chi connectivity index (χ0v) is 8.81. The Labute approximate surface area is 92.6 Å². The van der Waals surface area contributed by atoms with Gasteiger partial charge in [0.2, 0.25) is 5.91 Å².